The molecule has 92 valence electrons. The normalized spacial score (nSPS) is 13.1. The van der Waals surface area contributed by atoms with Gasteiger partial charge in [0.2, 0.25) is 0 Å². The van der Waals surface area contributed by atoms with E-state index in [1.807, 2.05) is 24.3 Å². The van der Waals surface area contributed by atoms with Gasteiger partial charge in [0, 0.05) is 25.6 Å². The number of nitrogens with two attached hydrogens (primary N) is 1. The van der Waals surface area contributed by atoms with Gasteiger partial charge in [-0.1, -0.05) is 12.1 Å². The number of hydrogen-bond donors (Lipinski definition) is 4. The maximum Gasteiger partial charge on any atom is 0.108 e. The van der Waals surface area contributed by atoms with E-state index in [9.17, 15) is 0 Å². The highest BCUT2D eigenvalue weighted by atomic mass is 16.3. The Morgan fingerprint density at radius 1 is 1.41 bits per heavy atom. The van der Waals surface area contributed by atoms with Crippen LogP contribution in [0.3, 0.4) is 0 Å². The molecule has 0 amide bonds. The third-order valence-electron chi connectivity index (χ3n) is 2.59. The Hall–Kier alpha value is -1.43. The summed E-state index contributed by atoms with van der Waals surface area (Å²) in [6.45, 7) is 1.39. The largest absolute Gasteiger partial charge is 0.395 e. The van der Waals surface area contributed by atoms with Crippen molar-refractivity contribution in [2.75, 3.05) is 19.7 Å². The number of benzene rings is 1. The van der Waals surface area contributed by atoms with Gasteiger partial charge in [-0.25, -0.2) is 4.98 Å². The number of aliphatic hydroxyl groups is 1. The van der Waals surface area contributed by atoms with Gasteiger partial charge in [0.05, 0.1) is 17.6 Å². The lowest BCUT2D eigenvalue weighted by Crippen LogP contribution is -2.36. The Bertz CT molecular complexity index is 435. The van der Waals surface area contributed by atoms with Crippen molar-refractivity contribution >= 4 is 11.0 Å². The Morgan fingerprint density at radius 3 is 3.00 bits per heavy atom. The summed E-state index contributed by atoms with van der Waals surface area (Å²) in [5.74, 6) is 0.907. The Balaban J connectivity index is 1.93. The molecule has 1 unspecified atom stereocenters. The van der Waals surface area contributed by atoms with Gasteiger partial charge >= 0.3 is 0 Å². The van der Waals surface area contributed by atoms with Crippen molar-refractivity contribution in [2.24, 2.45) is 5.73 Å². The number of rotatable bonds is 6. The van der Waals surface area contributed by atoms with Crippen LogP contribution in [0, 0.1) is 0 Å². The summed E-state index contributed by atoms with van der Waals surface area (Å²) in [6.07, 6.45) is 0.701. The monoisotopic (exact) mass is 234 g/mol. The van der Waals surface area contributed by atoms with Crippen LogP contribution >= 0.6 is 0 Å². The second-order valence-corrected chi connectivity index (χ2v) is 4.09. The number of aromatic amines is 1. The van der Waals surface area contributed by atoms with Crippen molar-refractivity contribution in [3.05, 3.63) is 30.1 Å². The zero-order chi connectivity index (χ0) is 12.1. The van der Waals surface area contributed by atoms with Crippen LogP contribution in [0.1, 0.15) is 5.82 Å². The molecule has 0 fully saturated rings. The van der Waals surface area contributed by atoms with Crippen LogP contribution in [0.4, 0.5) is 0 Å². The predicted molar refractivity (Wildman–Crippen MR) is 67.7 cm³/mol. The van der Waals surface area contributed by atoms with E-state index in [-0.39, 0.29) is 12.6 Å². The standard InChI is InChI=1S/C12H18N4O/c13-9(8-14-5-6-17)7-12-15-10-3-1-2-4-11(10)16-12/h1-4,9,14,17H,5-8,13H2,(H,15,16). The first-order valence-electron chi connectivity index (χ1n) is 5.80. The quantitative estimate of drug-likeness (QED) is 0.530. The van der Waals surface area contributed by atoms with Gasteiger partial charge in [-0.15, -0.1) is 0 Å². The lowest BCUT2D eigenvalue weighted by Gasteiger charge is -2.10. The average Bonchev–Trinajstić information content (AvgIpc) is 2.71. The Morgan fingerprint density at radius 2 is 2.24 bits per heavy atom. The molecule has 1 atom stereocenters. The molecule has 5 N–H and O–H groups in total. The summed E-state index contributed by atoms with van der Waals surface area (Å²) in [6, 6.07) is 7.93. The van der Waals surface area contributed by atoms with E-state index < -0.39 is 0 Å². The molecule has 2 rings (SSSR count). The molecule has 1 aromatic heterocycles. The number of imidazole rings is 1. The van der Waals surface area contributed by atoms with Gasteiger partial charge in [0.25, 0.3) is 0 Å². The van der Waals surface area contributed by atoms with E-state index in [2.05, 4.69) is 15.3 Å². The first-order chi connectivity index (χ1) is 8.29. The number of para-hydroxylation sites is 2. The predicted octanol–water partition coefficient (Wildman–Crippen LogP) is 0.0146. The second kappa shape index (κ2) is 5.77. The number of nitrogens with one attached hydrogen (secondary N) is 2. The Labute approximate surface area is 100 Å². The molecular formula is C12H18N4O. The van der Waals surface area contributed by atoms with Gasteiger partial charge in [-0.3, -0.25) is 0 Å². The molecule has 0 bridgehead atoms. The van der Waals surface area contributed by atoms with Crippen molar-refractivity contribution in [1.82, 2.24) is 15.3 Å². The van der Waals surface area contributed by atoms with Crippen molar-refractivity contribution < 1.29 is 5.11 Å². The lowest BCUT2D eigenvalue weighted by molar-refractivity contribution is 0.291. The van der Waals surface area contributed by atoms with E-state index in [4.69, 9.17) is 10.8 Å². The molecule has 17 heavy (non-hydrogen) atoms. The SMILES string of the molecule is NC(CNCCO)Cc1nc2ccccc2[nH]1. The third kappa shape index (κ3) is 3.26. The summed E-state index contributed by atoms with van der Waals surface area (Å²) in [5, 5.41) is 11.7. The highest BCUT2D eigenvalue weighted by Gasteiger charge is 2.07. The summed E-state index contributed by atoms with van der Waals surface area (Å²) in [7, 11) is 0. The van der Waals surface area contributed by atoms with Crippen LogP contribution in [0.2, 0.25) is 0 Å². The molecule has 1 heterocycles. The molecule has 0 saturated heterocycles. The van der Waals surface area contributed by atoms with E-state index in [1.54, 1.807) is 0 Å². The van der Waals surface area contributed by atoms with Gasteiger partial charge < -0.3 is 21.1 Å². The topological polar surface area (TPSA) is 87.0 Å². The van der Waals surface area contributed by atoms with Crippen LogP contribution in [0.5, 0.6) is 0 Å². The number of H-pyrrole nitrogens is 1. The van der Waals surface area contributed by atoms with Gasteiger partial charge in [-0.05, 0) is 12.1 Å². The fourth-order valence-electron chi connectivity index (χ4n) is 1.79. The van der Waals surface area contributed by atoms with Crippen LogP contribution < -0.4 is 11.1 Å². The van der Waals surface area contributed by atoms with Gasteiger partial charge in [0.1, 0.15) is 5.82 Å². The average molecular weight is 234 g/mol. The zero-order valence-corrected chi connectivity index (χ0v) is 9.69. The highest BCUT2D eigenvalue weighted by molar-refractivity contribution is 5.74. The van der Waals surface area contributed by atoms with Crippen LogP contribution in [0.15, 0.2) is 24.3 Å². The molecule has 0 aliphatic rings. The number of nitrogens with zero attached hydrogens (tertiary/aromatic N) is 1. The number of aromatic nitrogens is 2. The minimum atomic E-state index is 0.00196. The maximum absolute atomic E-state index is 8.64. The van der Waals surface area contributed by atoms with E-state index in [1.165, 1.54) is 0 Å². The number of aliphatic hydroxyl groups excluding tert-OH is 1. The summed E-state index contributed by atoms with van der Waals surface area (Å²) in [4.78, 5) is 7.72. The van der Waals surface area contributed by atoms with Crippen molar-refractivity contribution in [1.29, 1.82) is 0 Å². The number of hydrogen-bond acceptors (Lipinski definition) is 4. The molecule has 0 aliphatic carbocycles. The van der Waals surface area contributed by atoms with E-state index in [0.717, 1.165) is 16.9 Å². The van der Waals surface area contributed by atoms with Crippen LogP contribution in [-0.4, -0.2) is 40.8 Å². The molecule has 0 saturated carbocycles. The first-order valence-corrected chi connectivity index (χ1v) is 5.80. The highest BCUT2D eigenvalue weighted by Crippen LogP contribution is 2.10. The molecular weight excluding hydrogens is 216 g/mol. The maximum atomic E-state index is 8.64. The van der Waals surface area contributed by atoms with Crippen molar-refractivity contribution in [3.8, 4) is 0 Å². The fourth-order valence-corrected chi connectivity index (χ4v) is 1.79. The van der Waals surface area contributed by atoms with Crippen LogP contribution in [0.25, 0.3) is 11.0 Å². The minimum absolute atomic E-state index is 0.00196. The fraction of sp³-hybridized carbons (Fsp3) is 0.417. The number of fused-ring (bicyclic) bond motifs is 1. The minimum Gasteiger partial charge on any atom is -0.395 e. The molecule has 5 heteroatoms. The van der Waals surface area contributed by atoms with E-state index in [0.29, 0.717) is 19.5 Å². The summed E-state index contributed by atoms with van der Waals surface area (Å²) < 4.78 is 0. The molecule has 0 radical (unpaired) electrons. The molecule has 0 spiro atoms. The molecule has 1 aromatic carbocycles. The smallest absolute Gasteiger partial charge is 0.108 e. The van der Waals surface area contributed by atoms with E-state index >= 15 is 0 Å². The summed E-state index contributed by atoms with van der Waals surface area (Å²) >= 11 is 0. The lowest BCUT2D eigenvalue weighted by atomic mass is 10.2. The van der Waals surface area contributed by atoms with Crippen molar-refractivity contribution in [3.63, 3.8) is 0 Å². The van der Waals surface area contributed by atoms with Gasteiger partial charge in [0.15, 0.2) is 0 Å². The molecule has 0 aliphatic heterocycles. The van der Waals surface area contributed by atoms with Gasteiger partial charge in [-0.2, -0.15) is 0 Å². The molecule has 5 nitrogen and oxygen atoms in total. The first kappa shape index (κ1) is 12.0. The third-order valence-corrected chi connectivity index (χ3v) is 2.59. The van der Waals surface area contributed by atoms with Crippen LogP contribution in [-0.2, 0) is 6.42 Å². The Kier molecular flexibility index (Phi) is 4.08. The zero-order valence-electron chi connectivity index (χ0n) is 9.69. The second-order valence-electron chi connectivity index (χ2n) is 4.09. The molecule has 2 aromatic rings. The van der Waals surface area contributed by atoms with Crippen molar-refractivity contribution in [2.45, 2.75) is 12.5 Å². The summed E-state index contributed by atoms with van der Waals surface area (Å²) in [5.41, 5.74) is 7.97.